The van der Waals surface area contributed by atoms with E-state index in [1.165, 1.54) is 0 Å². The van der Waals surface area contributed by atoms with Crippen molar-refractivity contribution < 1.29 is 24.2 Å². The molecule has 1 atom stereocenters. The normalized spacial score (nSPS) is 17.4. The van der Waals surface area contributed by atoms with Gasteiger partial charge in [-0.05, 0) is 26.7 Å². The lowest BCUT2D eigenvalue weighted by Crippen LogP contribution is -2.48. The number of nitrogens with zero attached hydrogens (tertiary/aromatic N) is 1. The molecule has 2 N–H and O–H groups in total. The summed E-state index contributed by atoms with van der Waals surface area (Å²) in [4.78, 5) is 35.6. The van der Waals surface area contributed by atoms with Crippen LogP contribution in [0.2, 0.25) is 0 Å². The lowest BCUT2D eigenvalue weighted by atomic mass is 9.97. The Hall–Kier alpha value is -1.79. The Morgan fingerprint density at radius 3 is 2.45 bits per heavy atom. The monoisotopic (exact) mass is 286 g/mol. The number of carbonyl (C=O) groups excluding carboxylic acids is 2. The largest absolute Gasteiger partial charge is 0.481 e. The SMILES string of the molecule is CCOC(=O)C1CCN(C(=O)NC(C)CC(=O)O)CC1. The summed E-state index contributed by atoms with van der Waals surface area (Å²) in [6.45, 7) is 4.75. The lowest BCUT2D eigenvalue weighted by molar-refractivity contribution is -0.149. The van der Waals surface area contributed by atoms with Gasteiger partial charge in [-0.2, -0.15) is 0 Å². The molecular formula is C13H22N2O5. The van der Waals surface area contributed by atoms with Crippen molar-refractivity contribution in [3.8, 4) is 0 Å². The molecule has 114 valence electrons. The molecule has 0 aromatic carbocycles. The number of aliphatic carboxylic acids is 1. The summed E-state index contributed by atoms with van der Waals surface area (Å²) >= 11 is 0. The van der Waals surface area contributed by atoms with Gasteiger partial charge in [0.2, 0.25) is 0 Å². The smallest absolute Gasteiger partial charge is 0.317 e. The third kappa shape index (κ3) is 5.07. The van der Waals surface area contributed by atoms with Gasteiger partial charge >= 0.3 is 18.0 Å². The predicted molar refractivity (Wildman–Crippen MR) is 71.2 cm³/mol. The fourth-order valence-corrected chi connectivity index (χ4v) is 2.19. The highest BCUT2D eigenvalue weighted by molar-refractivity contribution is 5.77. The van der Waals surface area contributed by atoms with Gasteiger partial charge in [-0.1, -0.05) is 0 Å². The van der Waals surface area contributed by atoms with Gasteiger partial charge in [0.1, 0.15) is 0 Å². The number of amides is 2. The maximum absolute atomic E-state index is 11.9. The minimum absolute atomic E-state index is 0.106. The number of esters is 1. The summed E-state index contributed by atoms with van der Waals surface area (Å²) in [6, 6.07) is -0.691. The van der Waals surface area contributed by atoms with Gasteiger partial charge in [0.25, 0.3) is 0 Å². The van der Waals surface area contributed by atoms with Gasteiger partial charge in [0.05, 0.1) is 18.9 Å². The second-order valence-electron chi connectivity index (χ2n) is 4.96. The van der Waals surface area contributed by atoms with Crippen LogP contribution >= 0.6 is 0 Å². The van der Waals surface area contributed by atoms with E-state index in [4.69, 9.17) is 9.84 Å². The van der Waals surface area contributed by atoms with Gasteiger partial charge < -0.3 is 20.1 Å². The molecule has 0 aromatic heterocycles. The van der Waals surface area contributed by atoms with Gasteiger partial charge in [-0.15, -0.1) is 0 Å². The van der Waals surface area contributed by atoms with Crippen LogP contribution in [-0.4, -0.2) is 53.7 Å². The number of carboxylic acid groups (broad SMARTS) is 1. The molecule has 1 aliphatic rings. The lowest BCUT2D eigenvalue weighted by Gasteiger charge is -2.31. The average molecular weight is 286 g/mol. The van der Waals surface area contributed by atoms with Gasteiger partial charge in [-0.25, -0.2) is 4.79 Å². The fourth-order valence-electron chi connectivity index (χ4n) is 2.19. The molecule has 2 amide bonds. The van der Waals surface area contributed by atoms with Crippen molar-refractivity contribution in [3.63, 3.8) is 0 Å². The van der Waals surface area contributed by atoms with Crippen LogP contribution in [0.3, 0.4) is 0 Å². The summed E-state index contributed by atoms with van der Waals surface area (Å²) in [5.74, 6) is -1.29. The van der Waals surface area contributed by atoms with Gasteiger partial charge in [-0.3, -0.25) is 9.59 Å². The number of likely N-dealkylation sites (tertiary alicyclic amines) is 1. The Balaban J connectivity index is 2.35. The van der Waals surface area contributed by atoms with Crippen LogP contribution < -0.4 is 5.32 Å². The van der Waals surface area contributed by atoms with Crippen molar-refractivity contribution in [1.29, 1.82) is 0 Å². The number of piperidine rings is 1. The Morgan fingerprint density at radius 2 is 1.95 bits per heavy atom. The zero-order chi connectivity index (χ0) is 15.1. The highest BCUT2D eigenvalue weighted by Gasteiger charge is 2.28. The van der Waals surface area contributed by atoms with E-state index < -0.39 is 12.0 Å². The number of rotatable bonds is 5. The Labute approximate surface area is 118 Å². The molecule has 1 aliphatic heterocycles. The first kappa shape index (κ1) is 16.3. The van der Waals surface area contributed by atoms with Crippen LogP contribution in [0.25, 0.3) is 0 Å². The van der Waals surface area contributed by atoms with E-state index in [0.29, 0.717) is 32.5 Å². The van der Waals surface area contributed by atoms with E-state index in [9.17, 15) is 14.4 Å². The molecule has 20 heavy (non-hydrogen) atoms. The highest BCUT2D eigenvalue weighted by atomic mass is 16.5. The number of hydrogen-bond donors (Lipinski definition) is 2. The van der Waals surface area contributed by atoms with E-state index in [-0.39, 0.29) is 24.3 Å². The van der Waals surface area contributed by atoms with Crippen molar-refractivity contribution in [3.05, 3.63) is 0 Å². The van der Waals surface area contributed by atoms with E-state index in [2.05, 4.69) is 5.32 Å². The van der Waals surface area contributed by atoms with Crippen molar-refractivity contribution >= 4 is 18.0 Å². The molecule has 0 radical (unpaired) electrons. The molecule has 1 fully saturated rings. The first-order valence-corrected chi connectivity index (χ1v) is 6.87. The second kappa shape index (κ2) is 7.72. The third-order valence-corrected chi connectivity index (χ3v) is 3.25. The van der Waals surface area contributed by atoms with Crippen LogP contribution in [0.4, 0.5) is 4.79 Å². The maximum Gasteiger partial charge on any atom is 0.317 e. The number of nitrogens with one attached hydrogen (secondary N) is 1. The van der Waals surface area contributed by atoms with Crippen molar-refractivity contribution in [2.24, 2.45) is 5.92 Å². The molecule has 1 unspecified atom stereocenters. The molecule has 0 bridgehead atoms. The summed E-state index contributed by atoms with van der Waals surface area (Å²) in [5.41, 5.74) is 0. The zero-order valence-electron chi connectivity index (χ0n) is 11.9. The van der Waals surface area contributed by atoms with Crippen LogP contribution in [0.15, 0.2) is 0 Å². The average Bonchev–Trinajstić information content (AvgIpc) is 2.38. The van der Waals surface area contributed by atoms with Crippen LogP contribution in [0.5, 0.6) is 0 Å². The van der Waals surface area contributed by atoms with E-state index >= 15 is 0 Å². The van der Waals surface area contributed by atoms with Crippen molar-refractivity contribution in [2.45, 2.75) is 39.2 Å². The first-order chi connectivity index (χ1) is 9.43. The van der Waals surface area contributed by atoms with Crippen molar-refractivity contribution in [2.75, 3.05) is 19.7 Å². The number of hydrogen-bond acceptors (Lipinski definition) is 4. The fraction of sp³-hybridized carbons (Fsp3) is 0.769. The standard InChI is InChI=1S/C13H22N2O5/c1-3-20-12(18)10-4-6-15(7-5-10)13(19)14-9(2)8-11(16)17/h9-10H,3-8H2,1-2H3,(H,14,19)(H,16,17). The highest BCUT2D eigenvalue weighted by Crippen LogP contribution is 2.18. The molecule has 0 saturated carbocycles. The summed E-state index contributed by atoms with van der Waals surface area (Å²) in [6.07, 6.45) is 1.06. The van der Waals surface area contributed by atoms with Crippen molar-refractivity contribution in [1.82, 2.24) is 10.2 Å². The van der Waals surface area contributed by atoms with Crippen LogP contribution in [-0.2, 0) is 14.3 Å². The zero-order valence-corrected chi connectivity index (χ0v) is 11.9. The minimum Gasteiger partial charge on any atom is -0.481 e. The number of carboxylic acids is 1. The van der Waals surface area contributed by atoms with E-state index in [1.807, 2.05) is 0 Å². The topological polar surface area (TPSA) is 95.9 Å². The molecule has 0 aliphatic carbocycles. The second-order valence-corrected chi connectivity index (χ2v) is 4.96. The van der Waals surface area contributed by atoms with E-state index in [1.54, 1.807) is 18.7 Å². The first-order valence-electron chi connectivity index (χ1n) is 6.87. The molecule has 0 aromatic rings. The van der Waals surface area contributed by atoms with Gasteiger partial charge in [0.15, 0.2) is 0 Å². The Morgan fingerprint density at radius 1 is 1.35 bits per heavy atom. The van der Waals surface area contributed by atoms with E-state index in [0.717, 1.165) is 0 Å². The quantitative estimate of drug-likeness (QED) is 0.730. The number of ether oxygens (including phenoxy) is 1. The van der Waals surface area contributed by atoms with Crippen LogP contribution in [0.1, 0.15) is 33.1 Å². The Kier molecular flexibility index (Phi) is 6.27. The summed E-state index contributed by atoms with van der Waals surface area (Å²) in [5, 5.41) is 11.3. The summed E-state index contributed by atoms with van der Waals surface area (Å²) in [7, 11) is 0. The predicted octanol–water partition coefficient (Wildman–Crippen LogP) is 0.834. The maximum atomic E-state index is 11.9. The molecule has 7 heteroatoms. The summed E-state index contributed by atoms with van der Waals surface area (Å²) < 4.78 is 4.96. The molecule has 7 nitrogen and oxygen atoms in total. The minimum atomic E-state index is -0.946. The van der Waals surface area contributed by atoms with Crippen LogP contribution in [0, 0.1) is 5.92 Å². The molecular weight excluding hydrogens is 264 g/mol. The molecule has 0 spiro atoms. The molecule has 1 rings (SSSR count). The third-order valence-electron chi connectivity index (χ3n) is 3.25. The number of carbonyl (C=O) groups is 3. The number of urea groups is 1. The molecule has 1 heterocycles. The Bertz CT molecular complexity index is 364. The molecule has 1 saturated heterocycles. The van der Waals surface area contributed by atoms with Gasteiger partial charge in [0, 0.05) is 19.1 Å².